The largest absolute Gasteiger partial charge is 0.351 e. The number of nitrogens with zero attached hydrogens (tertiary/aromatic N) is 2. The van der Waals surface area contributed by atoms with Crippen molar-refractivity contribution in [3.05, 3.63) is 28.1 Å². The molecule has 0 saturated carbocycles. The van der Waals surface area contributed by atoms with E-state index in [1.807, 2.05) is 20.8 Å². The van der Waals surface area contributed by atoms with Gasteiger partial charge in [-0.1, -0.05) is 20.8 Å². The van der Waals surface area contributed by atoms with Crippen molar-refractivity contribution in [1.82, 2.24) is 9.88 Å². The second-order valence-corrected chi connectivity index (χ2v) is 5.62. The van der Waals surface area contributed by atoms with Crippen molar-refractivity contribution < 1.29 is 9.72 Å². The van der Waals surface area contributed by atoms with Crippen molar-refractivity contribution >= 4 is 11.6 Å². The number of hydrogen-bond acceptors (Lipinski definition) is 4. The summed E-state index contributed by atoms with van der Waals surface area (Å²) in [5.74, 6) is -0.235. The maximum atomic E-state index is 12.4. The Morgan fingerprint density at radius 1 is 1.55 bits per heavy atom. The molecule has 1 amide bonds. The van der Waals surface area contributed by atoms with E-state index in [4.69, 9.17) is 5.73 Å². The minimum absolute atomic E-state index is 0.108. The number of nitrogens with two attached hydrogens (primary N) is 1. The van der Waals surface area contributed by atoms with Crippen LogP contribution in [-0.2, 0) is 0 Å². The Hall–Kier alpha value is -1.89. The minimum Gasteiger partial charge on any atom is -0.351 e. The summed E-state index contributed by atoms with van der Waals surface area (Å²) in [5.41, 5.74) is 5.63. The van der Waals surface area contributed by atoms with E-state index in [2.05, 4.69) is 4.98 Å². The lowest BCUT2D eigenvalue weighted by Crippen LogP contribution is -2.42. The van der Waals surface area contributed by atoms with Gasteiger partial charge in [0, 0.05) is 19.2 Å². The highest BCUT2D eigenvalue weighted by Gasteiger charge is 2.25. The number of nitrogens with one attached hydrogen (secondary N) is 1. The Morgan fingerprint density at radius 2 is 2.20 bits per heavy atom. The van der Waals surface area contributed by atoms with Crippen molar-refractivity contribution in [2.45, 2.75) is 27.2 Å². The van der Waals surface area contributed by atoms with Gasteiger partial charge >= 0.3 is 0 Å². The standard InChI is InChI=1S/C13H22N4O3/c1-4-5-16(9-13(2,3)8-14)12(18)11-6-10(7-15-11)17(19)20/h6-7,15H,4-5,8-9,14H2,1-3H3. The molecule has 0 aliphatic rings. The zero-order valence-electron chi connectivity index (χ0n) is 12.2. The third kappa shape index (κ3) is 4.06. The fourth-order valence-corrected chi connectivity index (χ4v) is 1.89. The number of H-pyrrole nitrogens is 1. The first-order valence-corrected chi connectivity index (χ1v) is 6.63. The third-order valence-electron chi connectivity index (χ3n) is 3.06. The zero-order valence-corrected chi connectivity index (χ0v) is 12.2. The van der Waals surface area contributed by atoms with Crippen LogP contribution in [0, 0.1) is 15.5 Å². The van der Waals surface area contributed by atoms with Crippen molar-refractivity contribution in [2.75, 3.05) is 19.6 Å². The molecular formula is C13H22N4O3. The summed E-state index contributed by atoms with van der Waals surface area (Å²) in [7, 11) is 0. The summed E-state index contributed by atoms with van der Waals surface area (Å²) in [5, 5.41) is 10.7. The Kier molecular flexibility index (Phi) is 5.26. The van der Waals surface area contributed by atoms with Crippen LogP contribution in [0.2, 0.25) is 0 Å². The number of carbonyl (C=O) groups is 1. The molecule has 0 spiro atoms. The van der Waals surface area contributed by atoms with Gasteiger partial charge in [-0.2, -0.15) is 0 Å². The second-order valence-electron chi connectivity index (χ2n) is 5.62. The molecule has 1 aromatic rings. The van der Waals surface area contributed by atoms with Crippen LogP contribution in [-0.4, -0.2) is 40.3 Å². The van der Waals surface area contributed by atoms with Crippen LogP contribution in [0.5, 0.6) is 0 Å². The topological polar surface area (TPSA) is 105 Å². The van der Waals surface area contributed by atoms with Gasteiger partial charge in [0.05, 0.1) is 11.1 Å². The quantitative estimate of drug-likeness (QED) is 0.587. The number of hydrogen-bond donors (Lipinski definition) is 2. The van der Waals surface area contributed by atoms with Crippen LogP contribution in [0.25, 0.3) is 0 Å². The number of rotatable bonds is 7. The first-order valence-electron chi connectivity index (χ1n) is 6.63. The van der Waals surface area contributed by atoms with E-state index in [0.717, 1.165) is 6.42 Å². The Balaban J connectivity index is 2.90. The third-order valence-corrected chi connectivity index (χ3v) is 3.06. The van der Waals surface area contributed by atoms with Gasteiger partial charge in [-0.3, -0.25) is 14.9 Å². The molecule has 0 atom stereocenters. The van der Waals surface area contributed by atoms with Gasteiger partial charge in [0.25, 0.3) is 11.6 Å². The number of carbonyl (C=O) groups excluding carboxylic acids is 1. The predicted octanol–water partition coefficient (Wildman–Crippen LogP) is 1.76. The summed E-state index contributed by atoms with van der Waals surface area (Å²) < 4.78 is 0. The summed E-state index contributed by atoms with van der Waals surface area (Å²) in [6.45, 7) is 7.52. The zero-order chi connectivity index (χ0) is 15.3. The molecule has 0 aliphatic carbocycles. The average molecular weight is 282 g/mol. The smallest absolute Gasteiger partial charge is 0.287 e. The SMILES string of the molecule is CCCN(CC(C)(C)CN)C(=O)c1cc([N+](=O)[O-])c[nH]1. The Labute approximate surface area is 118 Å². The van der Waals surface area contributed by atoms with Gasteiger partial charge < -0.3 is 15.6 Å². The molecule has 0 saturated heterocycles. The normalized spacial score (nSPS) is 11.4. The van der Waals surface area contributed by atoms with Gasteiger partial charge in [0.1, 0.15) is 5.69 Å². The average Bonchev–Trinajstić information content (AvgIpc) is 2.87. The van der Waals surface area contributed by atoms with Gasteiger partial charge in [-0.15, -0.1) is 0 Å². The molecule has 0 bridgehead atoms. The summed E-state index contributed by atoms with van der Waals surface area (Å²) in [6, 6.07) is 1.26. The van der Waals surface area contributed by atoms with Crippen LogP contribution >= 0.6 is 0 Å². The molecule has 1 heterocycles. The first kappa shape index (κ1) is 16.2. The van der Waals surface area contributed by atoms with Crippen molar-refractivity contribution in [3.8, 4) is 0 Å². The Morgan fingerprint density at radius 3 is 2.65 bits per heavy atom. The predicted molar refractivity (Wildman–Crippen MR) is 76.5 cm³/mol. The van der Waals surface area contributed by atoms with Crippen LogP contribution in [0.1, 0.15) is 37.7 Å². The molecule has 112 valence electrons. The van der Waals surface area contributed by atoms with Gasteiger partial charge in [-0.05, 0) is 18.4 Å². The lowest BCUT2D eigenvalue weighted by atomic mass is 9.93. The molecule has 7 nitrogen and oxygen atoms in total. The highest BCUT2D eigenvalue weighted by Crippen LogP contribution is 2.19. The molecule has 0 fully saturated rings. The van der Waals surface area contributed by atoms with Gasteiger partial charge in [0.2, 0.25) is 0 Å². The molecule has 0 radical (unpaired) electrons. The maximum Gasteiger partial charge on any atom is 0.287 e. The molecule has 1 aromatic heterocycles. The number of aromatic amines is 1. The number of aromatic nitrogens is 1. The van der Waals surface area contributed by atoms with E-state index < -0.39 is 4.92 Å². The van der Waals surface area contributed by atoms with Crippen LogP contribution in [0.3, 0.4) is 0 Å². The van der Waals surface area contributed by atoms with Gasteiger partial charge in [-0.25, -0.2) is 0 Å². The molecule has 0 unspecified atom stereocenters. The first-order chi connectivity index (χ1) is 9.30. The summed E-state index contributed by atoms with van der Waals surface area (Å²) >= 11 is 0. The maximum absolute atomic E-state index is 12.4. The monoisotopic (exact) mass is 282 g/mol. The van der Waals surface area contributed by atoms with E-state index in [-0.39, 0.29) is 22.7 Å². The lowest BCUT2D eigenvalue weighted by molar-refractivity contribution is -0.384. The van der Waals surface area contributed by atoms with Crippen molar-refractivity contribution in [2.24, 2.45) is 11.1 Å². The van der Waals surface area contributed by atoms with Crippen molar-refractivity contribution in [1.29, 1.82) is 0 Å². The van der Waals surface area contributed by atoms with E-state index in [0.29, 0.717) is 19.6 Å². The van der Waals surface area contributed by atoms with E-state index >= 15 is 0 Å². The van der Waals surface area contributed by atoms with Crippen LogP contribution in [0.4, 0.5) is 5.69 Å². The molecule has 0 aliphatic heterocycles. The highest BCUT2D eigenvalue weighted by molar-refractivity contribution is 5.93. The fourth-order valence-electron chi connectivity index (χ4n) is 1.89. The highest BCUT2D eigenvalue weighted by atomic mass is 16.6. The molecule has 7 heteroatoms. The van der Waals surface area contributed by atoms with Gasteiger partial charge in [0.15, 0.2) is 0 Å². The van der Waals surface area contributed by atoms with Crippen LogP contribution in [0.15, 0.2) is 12.3 Å². The summed E-state index contributed by atoms with van der Waals surface area (Å²) in [4.78, 5) is 26.9. The van der Waals surface area contributed by atoms with Crippen LogP contribution < -0.4 is 5.73 Å². The van der Waals surface area contributed by atoms with E-state index in [1.54, 1.807) is 4.90 Å². The molecule has 3 N–H and O–H groups in total. The molecule has 0 aromatic carbocycles. The second kappa shape index (κ2) is 6.51. The van der Waals surface area contributed by atoms with E-state index in [9.17, 15) is 14.9 Å². The minimum atomic E-state index is -0.527. The number of nitro groups is 1. The molecule has 1 rings (SSSR count). The molecular weight excluding hydrogens is 260 g/mol. The number of amides is 1. The lowest BCUT2D eigenvalue weighted by Gasteiger charge is -2.31. The summed E-state index contributed by atoms with van der Waals surface area (Å²) in [6.07, 6.45) is 2.04. The van der Waals surface area contributed by atoms with E-state index in [1.165, 1.54) is 12.3 Å². The Bertz CT molecular complexity index is 482. The fraction of sp³-hybridized carbons (Fsp3) is 0.615. The van der Waals surface area contributed by atoms with Crippen molar-refractivity contribution in [3.63, 3.8) is 0 Å². The molecule has 20 heavy (non-hydrogen) atoms.